The van der Waals surface area contributed by atoms with Crippen LogP contribution in [0.3, 0.4) is 0 Å². The Morgan fingerprint density at radius 2 is 2.07 bits per heavy atom. The number of anilines is 2. The first-order valence-electron chi connectivity index (χ1n) is 9.50. The minimum absolute atomic E-state index is 0.151. The number of benzene rings is 1. The summed E-state index contributed by atoms with van der Waals surface area (Å²) in [5.41, 5.74) is 2.95. The molecule has 2 amide bonds. The fourth-order valence-corrected chi connectivity index (χ4v) is 3.70. The van der Waals surface area contributed by atoms with Crippen LogP contribution < -0.4 is 15.4 Å². The Morgan fingerprint density at radius 1 is 1.24 bits per heavy atom. The van der Waals surface area contributed by atoms with Crippen molar-refractivity contribution in [3.05, 3.63) is 42.1 Å². The van der Waals surface area contributed by atoms with Gasteiger partial charge in [0.05, 0.1) is 24.8 Å². The van der Waals surface area contributed by atoms with Gasteiger partial charge in [-0.2, -0.15) is 0 Å². The fraction of sp³-hybridized carbons (Fsp3) is 0.350. The summed E-state index contributed by atoms with van der Waals surface area (Å²) >= 11 is 0. The first-order valence-corrected chi connectivity index (χ1v) is 9.50. The average Bonchev–Trinajstić information content (AvgIpc) is 3.02. The summed E-state index contributed by atoms with van der Waals surface area (Å²) in [6, 6.07) is 9.21. The highest BCUT2D eigenvalue weighted by Crippen LogP contribution is 2.37. The van der Waals surface area contributed by atoms with Crippen molar-refractivity contribution in [1.82, 2.24) is 19.5 Å². The maximum absolute atomic E-state index is 12.4. The Kier molecular flexibility index (Phi) is 4.06. The number of nitrogens with one attached hydrogen (secondary N) is 2. The highest BCUT2D eigenvalue weighted by molar-refractivity contribution is 5.89. The number of carbonyl (C=O) groups excluding carboxylic acids is 1. The molecule has 150 valence electrons. The molecule has 4 heterocycles. The normalized spacial score (nSPS) is 17.0. The van der Waals surface area contributed by atoms with E-state index < -0.39 is 0 Å². The monoisotopic (exact) mass is 394 g/mol. The molecule has 2 saturated heterocycles. The van der Waals surface area contributed by atoms with Crippen LogP contribution in [0.25, 0.3) is 5.65 Å². The molecule has 2 aliphatic rings. The van der Waals surface area contributed by atoms with Crippen molar-refractivity contribution in [3.63, 3.8) is 0 Å². The standard InChI is InChI=1S/C20H22N6O3/c1-13-3-4-14(7-15(13)21-2)29-18-6-5-17-22-16(8-26(17)24-18)23-19(27)25-9-20(10-25)11-28-12-20/h3-8,21H,9-12H2,1-2H3,(H,23,27). The molecule has 29 heavy (non-hydrogen) atoms. The lowest BCUT2D eigenvalue weighted by atomic mass is 9.78. The Morgan fingerprint density at radius 3 is 2.79 bits per heavy atom. The molecule has 0 saturated carbocycles. The second kappa shape index (κ2) is 6.63. The van der Waals surface area contributed by atoms with Gasteiger partial charge in [-0.05, 0) is 24.6 Å². The van der Waals surface area contributed by atoms with E-state index in [-0.39, 0.29) is 11.4 Å². The molecule has 1 spiro atoms. The summed E-state index contributed by atoms with van der Waals surface area (Å²) in [5, 5.41) is 10.4. The largest absolute Gasteiger partial charge is 0.438 e. The van der Waals surface area contributed by atoms with Gasteiger partial charge in [-0.15, -0.1) is 5.10 Å². The minimum atomic E-state index is -0.151. The smallest absolute Gasteiger partial charge is 0.323 e. The number of carbonyl (C=O) groups is 1. The predicted molar refractivity (Wildman–Crippen MR) is 108 cm³/mol. The maximum Gasteiger partial charge on any atom is 0.323 e. The molecule has 0 radical (unpaired) electrons. The number of ether oxygens (including phenoxy) is 2. The first-order chi connectivity index (χ1) is 14.0. The van der Waals surface area contributed by atoms with Crippen molar-refractivity contribution in [3.8, 4) is 11.6 Å². The molecule has 2 aliphatic heterocycles. The van der Waals surface area contributed by atoms with Gasteiger partial charge in [0, 0.05) is 38.0 Å². The number of amides is 2. The molecule has 3 aromatic rings. The number of nitrogens with zero attached hydrogens (tertiary/aromatic N) is 4. The number of urea groups is 1. The molecule has 9 heteroatoms. The second-order valence-electron chi connectivity index (χ2n) is 7.71. The number of rotatable bonds is 4. The average molecular weight is 394 g/mol. The van der Waals surface area contributed by atoms with Gasteiger partial charge in [-0.25, -0.2) is 14.3 Å². The van der Waals surface area contributed by atoms with Crippen LogP contribution in [0.15, 0.2) is 36.5 Å². The van der Waals surface area contributed by atoms with Crippen molar-refractivity contribution in [2.75, 3.05) is 44.0 Å². The number of aromatic nitrogens is 3. The van der Waals surface area contributed by atoms with Crippen molar-refractivity contribution in [2.24, 2.45) is 5.41 Å². The number of hydrogen-bond donors (Lipinski definition) is 2. The highest BCUT2D eigenvalue weighted by Gasteiger charge is 2.50. The zero-order valence-electron chi connectivity index (χ0n) is 16.3. The summed E-state index contributed by atoms with van der Waals surface area (Å²) in [5.74, 6) is 1.58. The molecule has 0 atom stereocenters. The van der Waals surface area contributed by atoms with E-state index in [1.165, 1.54) is 0 Å². The van der Waals surface area contributed by atoms with Gasteiger partial charge in [0.25, 0.3) is 0 Å². The zero-order valence-corrected chi connectivity index (χ0v) is 16.3. The van der Waals surface area contributed by atoms with Crippen LogP contribution in [0.4, 0.5) is 16.3 Å². The van der Waals surface area contributed by atoms with Crippen molar-refractivity contribution in [2.45, 2.75) is 6.92 Å². The van der Waals surface area contributed by atoms with Crippen LogP contribution in [0.1, 0.15) is 5.56 Å². The number of imidazole rings is 1. The lowest BCUT2D eigenvalue weighted by molar-refractivity contribution is -0.174. The molecule has 0 aliphatic carbocycles. The quantitative estimate of drug-likeness (QED) is 0.707. The summed E-state index contributed by atoms with van der Waals surface area (Å²) in [6.45, 7) is 4.98. The number of likely N-dealkylation sites (tertiary alicyclic amines) is 1. The molecule has 2 N–H and O–H groups in total. The molecule has 1 aromatic carbocycles. The van der Waals surface area contributed by atoms with Crippen LogP contribution >= 0.6 is 0 Å². The Bertz CT molecular complexity index is 1080. The third-order valence-electron chi connectivity index (χ3n) is 5.39. The maximum atomic E-state index is 12.4. The van der Waals surface area contributed by atoms with Gasteiger partial charge >= 0.3 is 6.03 Å². The number of fused-ring (bicyclic) bond motifs is 1. The molecule has 5 rings (SSSR count). The van der Waals surface area contributed by atoms with E-state index >= 15 is 0 Å². The SMILES string of the molecule is CNc1cc(Oc2ccc3nc(NC(=O)N4CC5(COC5)C4)cn3n2)ccc1C. The lowest BCUT2D eigenvalue weighted by Gasteiger charge is -2.54. The minimum Gasteiger partial charge on any atom is -0.438 e. The summed E-state index contributed by atoms with van der Waals surface area (Å²) < 4.78 is 12.7. The highest BCUT2D eigenvalue weighted by atomic mass is 16.5. The van der Waals surface area contributed by atoms with Crippen LogP contribution in [-0.2, 0) is 4.74 Å². The van der Waals surface area contributed by atoms with Gasteiger partial charge in [0.15, 0.2) is 11.5 Å². The Balaban J connectivity index is 1.28. The van der Waals surface area contributed by atoms with E-state index in [2.05, 4.69) is 20.7 Å². The van der Waals surface area contributed by atoms with Crippen LogP contribution in [0, 0.1) is 12.3 Å². The van der Waals surface area contributed by atoms with E-state index in [1.807, 2.05) is 32.2 Å². The fourth-order valence-electron chi connectivity index (χ4n) is 3.70. The van der Waals surface area contributed by atoms with Gasteiger partial charge in [0.1, 0.15) is 5.75 Å². The molecule has 0 unspecified atom stereocenters. The van der Waals surface area contributed by atoms with E-state index in [1.54, 1.807) is 27.7 Å². The second-order valence-corrected chi connectivity index (χ2v) is 7.71. The van der Waals surface area contributed by atoms with Crippen molar-refractivity contribution < 1.29 is 14.3 Å². The van der Waals surface area contributed by atoms with E-state index in [0.717, 1.165) is 37.6 Å². The van der Waals surface area contributed by atoms with Crippen molar-refractivity contribution in [1.29, 1.82) is 0 Å². The van der Waals surface area contributed by atoms with Gasteiger partial charge in [-0.3, -0.25) is 5.32 Å². The van der Waals surface area contributed by atoms with Crippen LogP contribution in [0.2, 0.25) is 0 Å². The van der Waals surface area contributed by atoms with E-state index in [0.29, 0.717) is 23.1 Å². The topological polar surface area (TPSA) is 93.0 Å². The molecular formula is C20H22N6O3. The third-order valence-corrected chi connectivity index (χ3v) is 5.39. The van der Waals surface area contributed by atoms with Gasteiger partial charge in [-0.1, -0.05) is 6.07 Å². The van der Waals surface area contributed by atoms with Gasteiger partial charge in [0.2, 0.25) is 5.88 Å². The Hall–Kier alpha value is -3.33. The molecular weight excluding hydrogens is 372 g/mol. The van der Waals surface area contributed by atoms with Gasteiger partial charge < -0.3 is 19.7 Å². The Labute approximate surface area is 167 Å². The summed E-state index contributed by atoms with van der Waals surface area (Å²) in [4.78, 5) is 18.5. The van der Waals surface area contributed by atoms with E-state index in [4.69, 9.17) is 9.47 Å². The van der Waals surface area contributed by atoms with E-state index in [9.17, 15) is 4.79 Å². The third kappa shape index (κ3) is 3.23. The first kappa shape index (κ1) is 17.7. The lowest BCUT2D eigenvalue weighted by Crippen LogP contribution is -2.67. The number of hydrogen-bond acceptors (Lipinski definition) is 6. The van der Waals surface area contributed by atoms with Crippen LogP contribution in [0.5, 0.6) is 11.6 Å². The molecule has 9 nitrogen and oxygen atoms in total. The zero-order chi connectivity index (χ0) is 20.0. The molecule has 2 fully saturated rings. The number of aryl methyl sites for hydroxylation is 1. The van der Waals surface area contributed by atoms with Crippen LogP contribution in [-0.4, -0.2) is 58.9 Å². The van der Waals surface area contributed by atoms with Crippen molar-refractivity contribution >= 4 is 23.2 Å². The molecule has 2 aromatic heterocycles. The predicted octanol–water partition coefficient (Wildman–Crippen LogP) is 2.74. The summed E-state index contributed by atoms with van der Waals surface area (Å²) in [7, 11) is 1.87. The summed E-state index contributed by atoms with van der Waals surface area (Å²) in [6.07, 6.45) is 1.68. The molecule has 0 bridgehead atoms.